The summed E-state index contributed by atoms with van der Waals surface area (Å²) in [6.07, 6.45) is 2.81. The number of halogens is 2. The maximum absolute atomic E-state index is 13.8. The van der Waals surface area contributed by atoms with E-state index < -0.39 is 0 Å². The van der Waals surface area contributed by atoms with Gasteiger partial charge < -0.3 is 9.64 Å². The zero-order valence-electron chi connectivity index (χ0n) is 8.83. The first kappa shape index (κ1) is 10.5. The molecular weight excluding hydrogens is 273 g/mol. The Hall–Kier alpha value is -0.610. The molecule has 0 radical (unpaired) electrons. The molecule has 2 bridgehead atoms. The molecule has 0 amide bonds. The van der Waals surface area contributed by atoms with Gasteiger partial charge >= 0.3 is 0 Å². The van der Waals surface area contributed by atoms with E-state index in [9.17, 15) is 4.39 Å². The SMILES string of the molecule is Fc1cc(Br)ccc1N1CC2CCC(C1)O2. The monoisotopic (exact) mass is 285 g/mol. The van der Waals surface area contributed by atoms with Crippen LogP contribution in [0, 0.1) is 5.82 Å². The van der Waals surface area contributed by atoms with Gasteiger partial charge in [0.05, 0.1) is 17.9 Å². The van der Waals surface area contributed by atoms with Gasteiger partial charge in [0.1, 0.15) is 5.82 Å². The maximum atomic E-state index is 13.8. The normalized spacial score (nSPS) is 28.5. The first-order valence-electron chi connectivity index (χ1n) is 5.58. The number of hydrogen-bond donors (Lipinski definition) is 0. The molecule has 2 fully saturated rings. The summed E-state index contributed by atoms with van der Waals surface area (Å²) in [6, 6.07) is 5.24. The molecule has 1 aromatic carbocycles. The van der Waals surface area contributed by atoms with Crippen LogP contribution in [0.3, 0.4) is 0 Å². The lowest BCUT2D eigenvalue weighted by Gasteiger charge is -2.34. The van der Waals surface area contributed by atoms with Crippen LogP contribution in [0.25, 0.3) is 0 Å². The van der Waals surface area contributed by atoms with Gasteiger partial charge in [-0.25, -0.2) is 4.39 Å². The van der Waals surface area contributed by atoms with E-state index in [4.69, 9.17) is 4.74 Å². The highest BCUT2D eigenvalue weighted by Crippen LogP contribution is 2.31. The number of morpholine rings is 1. The molecule has 0 spiro atoms. The summed E-state index contributed by atoms with van der Waals surface area (Å²) < 4.78 is 20.3. The van der Waals surface area contributed by atoms with Crippen molar-refractivity contribution >= 4 is 21.6 Å². The third-order valence-electron chi connectivity index (χ3n) is 3.29. The van der Waals surface area contributed by atoms with Crippen molar-refractivity contribution in [2.24, 2.45) is 0 Å². The summed E-state index contributed by atoms with van der Waals surface area (Å²) in [5.41, 5.74) is 0.698. The number of ether oxygens (including phenoxy) is 1. The molecule has 2 aliphatic rings. The fourth-order valence-corrected chi connectivity index (χ4v) is 2.88. The van der Waals surface area contributed by atoms with Gasteiger partial charge in [0, 0.05) is 17.6 Å². The molecule has 0 saturated carbocycles. The fraction of sp³-hybridized carbons (Fsp3) is 0.500. The van der Waals surface area contributed by atoms with Crippen molar-refractivity contribution in [3.8, 4) is 0 Å². The van der Waals surface area contributed by atoms with Crippen LogP contribution in [-0.2, 0) is 4.74 Å². The minimum absolute atomic E-state index is 0.157. The minimum Gasteiger partial charge on any atom is -0.371 e. The molecule has 2 heterocycles. The second-order valence-corrected chi connectivity index (χ2v) is 5.37. The third kappa shape index (κ3) is 1.84. The molecule has 3 rings (SSSR count). The Morgan fingerprint density at radius 2 is 1.94 bits per heavy atom. The van der Waals surface area contributed by atoms with Crippen LogP contribution >= 0.6 is 15.9 Å². The van der Waals surface area contributed by atoms with Crippen molar-refractivity contribution in [2.45, 2.75) is 25.0 Å². The zero-order chi connectivity index (χ0) is 11.1. The topological polar surface area (TPSA) is 12.5 Å². The Balaban J connectivity index is 1.87. The van der Waals surface area contributed by atoms with E-state index in [1.54, 1.807) is 0 Å². The lowest BCUT2D eigenvalue weighted by Crippen LogP contribution is -2.43. The lowest BCUT2D eigenvalue weighted by molar-refractivity contribution is 0.0303. The van der Waals surface area contributed by atoms with Crippen molar-refractivity contribution in [1.29, 1.82) is 0 Å². The molecule has 0 N–H and O–H groups in total. The first-order chi connectivity index (χ1) is 7.72. The Morgan fingerprint density at radius 1 is 1.25 bits per heavy atom. The highest BCUT2D eigenvalue weighted by atomic mass is 79.9. The molecule has 4 heteroatoms. The van der Waals surface area contributed by atoms with Gasteiger partial charge in [-0.2, -0.15) is 0 Å². The van der Waals surface area contributed by atoms with E-state index in [2.05, 4.69) is 20.8 Å². The second kappa shape index (κ2) is 4.00. The van der Waals surface area contributed by atoms with E-state index in [-0.39, 0.29) is 5.82 Å². The highest BCUT2D eigenvalue weighted by molar-refractivity contribution is 9.10. The number of nitrogens with zero attached hydrogens (tertiary/aromatic N) is 1. The predicted octanol–water partition coefficient (Wildman–Crippen LogP) is 2.96. The second-order valence-electron chi connectivity index (χ2n) is 4.46. The third-order valence-corrected chi connectivity index (χ3v) is 3.79. The fourth-order valence-electron chi connectivity index (χ4n) is 2.55. The maximum Gasteiger partial charge on any atom is 0.147 e. The van der Waals surface area contributed by atoms with E-state index in [1.807, 2.05) is 12.1 Å². The van der Waals surface area contributed by atoms with Gasteiger partial charge in [0.2, 0.25) is 0 Å². The largest absolute Gasteiger partial charge is 0.371 e. The molecule has 1 aromatic rings. The average Bonchev–Trinajstić information content (AvgIpc) is 2.58. The Labute approximate surface area is 103 Å². The van der Waals surface area contributed by atoms with Crippen LogP contribution < -0.4 is 4.90 Å². The highest BCUT2D eigenvalue weighted by Gasteiger charge is 2.34. The van der Waals surface area contributed by atoms with Crippen LogP contribution in [-0.4, -0.2) is 25.3 Å². The van der Waals surface area contributed by atoms with Crippen molar-refractivity contribution in [3.05, 3.63) is 28.5 Å². The van der Waals surface area contributed by atoms with Crippen LogP contribution in [0.5, 0.6) is 0 Å². The molecule has 86 valence electrons. The summed E-state index contributed by atoms with van der Waals surface area (Å²) in [5, 5.41) is 0. The molecule has 0 aliphatic carbocycles. The van der Waals surface area contributed by atoms with Crippen molar-refractivity contribution < 1.29 is 9.13 Å². The Bertz CT molecular complexity index is 400. The molecule has 16 heavy (non-hydrogen) atoms. The summed E-state index contributed by atoms with van der Waals surface area (Å²) in [5.74, 6) is -0.157. The number of fused-ring (bicyclic) bond motifs is 2. The van der Waals surface area contributed by atoms with E-state index >= 15 is 0 Å². The minimum atomic E-state index is -0.157. The van der Waals surface area contributed by atoms with Crippen molar-refractivity contribution in [2.75, 3.05) is 18.0 Å². The summed E-state index contributed by atoms with van der Waals surface area (Å²) in [6.45, 7) is 1.63. The standard InChI is InChI=1S/C12H13BrFNO/c13-8-1-4-12(11(14)5-8)15-6-9-2-3-10(7-15)16-9/h1,4-5,9-10H,2-3,6-7H2. The molecule has 0 aromatic heterocycles. The van der Waals surface area contributed by atoms with Crippen LogP contribution in [0.4, 0.5) is 10.1 Å². The Kier molecular flexibility index (Phi) is 2.64. The lowest BCUT2D eigenvalue weighted by atomic mass is 10.2. The van der Waals surface area contributed by atoms with Gasteiger partial charge in [-0.3, -0.25) is 0 Å². The van der Waals surface area contributed by atoms with Crippen LogP contribution in [0.15, 0.2) is 22.7 Å². The summed E-state index contributed by atoms with van der Waals surface area (Å²) in [4.78, 5) is 2.10. The molecule has 2 aliphatic heterocycles. The summed E-state index contributed by atoms with van der Waals surface area (Å²) >= 11 is 3.27. The van der Waals surface area contributed by atoms with Gasteiger partial charge in [-0.15, -0.1) is 0 Å². The number of anilines is 1. The van der Waals surface area contributed by atoms with Crippen LogP contribution in [0.2, 0.25) is 0 Å². The average molecular weight is 286 g/mol. The first-order valence-corrected chi connectivity index (χ1v) is 6.37. The number of hydrogen-bond acceptors (Lipinski definition) is 2. The smallest absolute Gasteiger partial charge is 0.147 e. The van der Waals surface area contributed by atoms with Crippen LogP contribution in [0.1, 0.15) is 12.8 Å². The van der Waals surface area contributed by atoms with Crippen molar-refractivity contribution in [3.63, 3.8) is 0 Å². The van der Waals surface area contributed by atoms with Crippen molar-refractivity contribution in [1.82, 2.24) is 0 Å². The molecule has 2 atom stereocenters. The van der Waals surface area contributed by atoms with Gasteiger partial charge in [-0.1, -0.05) is 15.9 Å². The Morgan fingerprint density at radius 3 is 2.56 bits per heavy atom. The van der Waals surface area contributed by atoms with E-state index in [0.29, 0.717) is 17.9 Å². The van der Waals surface area contributed by atoms with E-state index in [0.717, 1.165) is 30.4 Å². The number of benzene rings is 1. The quantitative estimate of drug-likeness (QED) is 0.787. The summed E-state index contributed by atoms with van der Waals surface area (Å²) in [7, 11) is 0. The number of rotatable bonds is 1. The zero-order valence-corrected chi connectivity index (χ0v) is 10.4. The molecule has 2 saturated heterocycles. The van der Waals surface area contributed by atoms with E-state index in [1.165, 1.54) is 6.07 Å². The van der Waals surface area contributed by atoms with Gasteiger partial charge in [0.15, 0.2) is 0 Å². The van der Waals surface area contributed by atoms with Gasteiger partial charge in [0.25, 0.3) is 0 Å². The van der Waals surface area contributed by atoms with Gasteiger partial charge in [-0.05, 0) is 31.0 Å². The molecule has 2 nitrogen and oxygen atoms in total. The molecular formula is C12H13BrFNO. The molecule has 2 unspecified atom stereocenters. The predicted molar refractivity (Wildman–Crippen MR) is 64.2 cm³/mol.